The van der Waals surface area contributed by atoms with E-state index in [0.29, 0.717) is 22.4 Å². The lowest BCUT2D eigenvalue weighted by Gasteiger charge is -2.09. The lowest BCUT2D eigenvalue weighted by molar-refractivity contribution is 0.0952. The number of hydrogen-bond donors (Lipinski definition) is 1. The van der Waals surface area contributed by atoms with Crippen molar-refractivity contribution >= 4 is 40.2 Å². The van der Waals surface area contributed by atoms with Crippen LogP contribution < -0.4 is 5.32 Å². The highest BCUT2D eigenvalue weighted by molar-refractivity contribution is 7.99. The second-order valence-corrected chi connectivity index (χ2v) is 6.61. The number of carbonyl (C=O) groups excluding carboxylic acids is 1. The number of pyridine rings is 1. The Balaban J connectivity index is 1.97. The van der Waals surface area contributed by atoms with Gasteiger partial charge in [0.25, 0.3) is 5.91 Å². The summed E-state index contributed by atoms with van der Waals surface area (Å²) in [7, 11) is 0. The van der Waals surface area contributed by atoms with Crippen molar-refractivity contribution in [2.24, 2.45) is 0 Å². The number of fused-ring (bicyclic) bond motifs is 1. The first-order valence-corrected chi connectivity index (χ1v) is 8.16. The highest BCUT2D eigenvalue weighted by atomic mass is 35.5. The number of thioether (sulfide) groups is 1. The van der Waals surface area contributed by atoms with Gasteiger partial charge in [-0.2, -0.15) is 0 Å². The SMILES string of the molecule is C=C(Cl)CSc1cc(C(=O)NC2CC2)c2ccccc2n1. The lowest BCUT2D eigenvalue weighted by Crippen LogP contribution is -2.25. The largest absolute Gasteiger partial charge is 0.349 e. The fourth-order valence-electron chi connectivity index (χ4n) is 2.06. The number of nitrogens with zero attached hydrogens (tertiary/aromatic N) is 1. The number of benzene rings is 1. The summed E-state index contributed by atoms with van der Waals surface area (Å²) in [6.07, 6.45) is 2.14. The summed E-state index contributed by atoms with van der Waals surface area (Å²) in [5.74, 6) is 0.555. The van der Waals surface area contributed by atoms with E-state index in [2.05, 4.69) is 16.9 Å². The summed E-state index contributed by atoms with van der Waals surface area (Å²) in [6, 6.07) is 9.87. The highest BCUT2D eigenvalue weighted by Gasteiger charge is 2.25. The standard InChI is InChI=1S/C16H15ClN2OS/c1-10(17)9-21-15-8-13(16(20)18-11-6-7-11)12-4-2-3-5-14(12)19-15/h2-5,8,11H,1,6-7,9H2,(H,18,20). The summed E-state index contributed by atoms with van der Waals surface area (Å²) in [5.41, 5.74) is 1.50. The Morgan fingerprint density at radius 3 is 2.90 bits per heavy atom. The van der Waals surface area contributed by atoms with Gasteiger partial charge in [0.05, 0.1) is 16.1 Å². The van der Waals surface area contributed by atoms with Gasteiger partial charge in [0.2, 0.25) is 0 Å². The van der Waals surface area contributed by atoms with Gasteiger partial charge in [-0.25, -0.2) is 4.98 Å². The zero-order valence-electron chi connectivity index (χ0n) is 11.4. The summed E-state index contributed by atoms with van der Waals surface area (Å²) >= 11 is 7.29. The van der Waals surface area contributed by atoms with Crippen molar-refractivity contribution in [3.63, 3.8) is 0 Å². The average Bonchev–Trinajstić information content (AvgIpc) is 3.28. The van der Waals surface area contributed by atoms with Gasteiger partial charge >= 0.3 is 0 Å². The van der Waals surface area contributed by atoms with Gasteiger partial charge in [-0.05, 0) is 25.0 Å². The van der Waals surface area contributed by atoms with E-state index in [1.54, 1.807) is 0 Å². The van der Waals surface area contributed by atoms with Gasteiger partial charge in [0.1, 0.15) is 0 Å². The summed E-state index contributed by atoms with van der Waals surface area (Å²) in [5, 5.41) is 5.27. The van der Waals surface area contributed by atoms with Crippen molar-refractivity contribution in [2.75, 3.05) is 5.75 Å². The first kappa shape index (κ1) is 14.4. The molecule has 1 N–H and O–H groups in total. The summed E-state index contributed by atoms with van der Waals surface area (Å²) in [6.45, 7) is 3.68. The van der Waals surface area contributed by atoms with E-state index in [1.165, 1.54) is 11.8 Å². The third-order valence-electron chi connectivity index (χ3n) is 3.23. The van der Waals surface area contributed by atoms with Gasteiger partial charge in [-0.1, -0.05) is 36.4 Å². The van der Waals surface area contributed by atoms with Crippen molar-refractivity contribution < 1.29 is 4.79 Å². The molecule has 108 valence electrons. The molecule has 0 unspecified atom stereocenters. The van der Waals surface area contributed by atoms with E-state index in [4.69, 9.17) is 11.6 Å². The minimum atomic E-state index is -0.0253. The molecule has 0 saturated heterocycles. The van der Waals surface area contributed by atoms with Gasteiger partial charge in [-0.3, -0.25) is 4.79 Å². The molecule has 1 aliphatic rings. The molecule has 21 heavy (non-hydrogen) atoms. The molecule has 3 rings (SSSR count). The molecule has 0 aliphatic heterocycles. The number of amides is 1. The Morgan fingerprint density at radius 2 is 2.19 bits per heavy atom. The molecule has 1 fully saturated rings. The van der Waals surface area contributed by atoms with Crippen LogP contribution in [0.5, 0.6) is 0 Å². The Morgan fingerprint density at radius 1 is 1.43 bits per heavy atom. The molecule has 0 radical (unpaired) electrons. The molecule has 1 heterocycles. The molecule has 1 aliphatic carbocycles. The molecule has 5 heteroatoms. The molecule has 1 amide bonds. The van der Waals surface area contributed by atoms with Gasteiger partial charge in [0.15, 0.2) is 0 Å². The van der Waals surface area contributed by atoms with Gasteiger partial charge in [0, 0.05) is 22.2 Å². The monoisotopic (exact) mass is 318 g/mol. The molecular formula is C16H15ClN2OS. The van der Waals surface area contributed by atoms with Crippen LogP contribution in [0.25, 0.3) is 10.9 Å². The van der Waals surface area contributed by atoms with Crippen molar-refractivity contribution in [1.29, 1.82) is 0 Å². The van der Waals surface area contributed by atoms with Crippen LogP contribution in [-0.2, 0) is 0 Å². The van der Waals surface area contributed by atoms with E-state index in [1.807, 2.05) is 30.3 Å². The number of nitrogens with one attached hydrogen (secondary N) is 1. The van der Waals surface area contributed by atoms with Crippen LogP contribution in [0.3, 0.4) is 0 Å². The van der Waals surface area contributed by atoms with Crippen molar-refractivity contribution in [2.45, 2.75) is 23.9 Å². The second kappa shape index (κ2) is 6.08. The first-order chi connectivity index (χ1) is 10.1. The molecule has 2 aromatic rings. The average molecular weight is 319 g/mol. The van der Waals surface area contributed by atoms with Crippen LogP contribution in [0, 0.1) is 0 Å². The first-order valence-electron chi connectivity index (χ1n) is 6.80. The fourth-order valence-corrected chi connectivity index (χ4v) is 2.89. The van der Waals surface area contributed by atoms with Crippen molar-refractivity contribution in [3.8, 4) is 0 Å². The normalized spacial score (nSPS) is 14.1. The molecule has 1 saturated carbocycles. The van der Waals surface area contributed by atoms with Crippen LogP contribution in [0.1, 0.15) is 23.2 Å². The predicted molar refractivity (Wildman–Crippen MR) is 87.9 cm³/mol. The second-order valence-electron chi connectivity index (χ2n) is 5.08. The maximum atomic E-state index is 12.4. The topological polar surface area (TPSA) is 42.0 Å². The fraction of sp³-hybridized carbons (Fsp3) is 0.250. The smallest absolute Gasteiger partial charge is 0.252 e. The van der Waals surface area contributed by atoms with Crippen LogP contribution in [0.4, 0.5) is 0 Å². The third kappa shape index (κ3) is 3.57. The van der Waals surface area contributed by atoms with E-state index < -0.39 is 0 Å². The molecule has 1 aromatic carbocycles. The van der Waals surface area contributed by atoms with E-state index in [0.717, 1.165) is 28.8 Å². The van der Waals surface area contributed by atoms with E-state index in [9.17, 15) is 4.79 Å². The molecular weight excluding hydrogens is 304 g/mol. The zero-order chi connectivity index (χ0) is 14.8. The van der Waals surface area contributed by atoms with Crippen LogP contribution in [-0.4, -0.2) is 22.7 Å². The van der Waals surface area contributed by atoms with E-state index >= 15 is 0 Å². The molecule has 0 bridgehead atoms. The van der Waals surface area contributed by atoms with E-state index in [-0.39, 0.29) is 5.91 Å². The number of aromatic nitrogens is 1. The molecule has 1 aromatic heterocycles. The summed E-state index contributed by atoms with van der Waals surface area (Å²) in [4.78, 5) is 17.0. The maximum absolute atomic E-state index is 12.4. The van der Waals surface area contributed by atoms with Crippen LogP contribution in [0.2, 0.25) is 0 Å². The number of rotatable bonds is 5. The highest BCUT2D eigenvalue weighted by Crippen LogP contribution is 2.27. The van der Waals surface area contributed by atoms with Crippen LogP contribution in [0.15, 0.2) is 47.0 Å². The number of para-hydroxylation sites is 1. The lowest BCUT2D eigenvalue weighted by atomic mass is 10.1. The summed E-state index contributed by atoms with van der Waals surface area (Å²) < 4.78 is 0. The van der Waals surface area contributed by atoms with Gasteiger partial charge < -0.3 is 5.32 Å². The number of halogens is 1. The number of hydrogen-bond acceptors (Lipinski definition) is 3. The molecule has 0 spiro atoms. The Kier molecular flexibility index (Phi) is 4.17. The van der Waals surface area contributed by atoms with Crippen molar-refractivity contribution in [3.05, 3.63) is 47.5 Å². The van der Waals surface area contributed by atoms with Crippen LogP contribution >= 0.6 is 23.4 Å². The Labute approximate surface area is 132 Å². The van der Waals surface area contributed by atoms with Gasteiger partial charge in [-0.15, -0.1) is 11.8 Å². The van der Waals surface area contributed by atoms with Crippen molar-refractivity contribution in [1.82, 2.24) is 10.3 Å². The predicted octanol–water partition coefficient (Wildman–Crippen LogP) is 3.97. The quantitative estimate of drug-likeness (QED) is 0.848. The molecule has 3 nitrogen and oxygen atoms in total. The zero-order valence-corrected chi connectivity index (χ0v) is 13.0. The minimum absolute atomic E-state index is 0.0253. The maximum Gasteiger partial charge on any atom is 0.252 e. The molecule has 0 atom stereocenters. The Hall–Kier alpha value is -1.52. The number of carbonyl (C=O) groups is 1. The Bertz CT molecular complexity index is 712. The third-order valence-corrected chi connectivity index (χ3v) is 4.52. The minimum Gasteiger partial charge on any atom is -0.349 e.